The van der Waals surface area contributed by atoms with Crippen LogP contribution in [-0.4, -0.2) is 33.8 Å². The summed E-state index contributed by atoms with van der Waals surface area (Å²) in [6, 6.07) is 10.3. The molecule has 0 unspecified atom stereocenters. The topological polar surface area (TPSA) is 90.2 Å². The molecule has 4 aromatic rings. The first-order valence-electron chi connectivity index (χ1n) is 10.2. The number of hydrogen-bond acceptors (Lipinski definition) is 5. The minimum atomic E-state index is -0.306. The Bertz CT molecular complexity index is 1230. The number of imidazole rings is 1. The molecule has 0 atom stereocenters. The highest BCUT2D eigenvalue weighted by atomic mass is 16.3. The van der Waals surface area contributed by atoms with Crippen LogP contribution >= 0.6 is 0 Å². The Morgan fingerprint density at radius 3 is 2.55 bits per heavy atom. The first-order valence-corrected chi connectivity index (χ1v) is 10.2. The fourth-order valence-electron chi connectivity index (χ4n) is 4.51. The van der Waals surface area contributed by atoms with Crippen molar-refractivity contribution in [3.8, 4) is 0 Å². The molecule has 1 saturated carbocycles. The predicted octanol–water partition coefficient (Wildman–Crippen LogP) is 2.46. The van der Waals surface area contributed by atoms with Crippen LogP contribution in [0.25, 0.3) is 16.9 Å². The second kappa shape index (κ2) is 7.11. The summed E-state index contributed by atoms with van der Waals surface area (Å²) in [5.74, 6) is 2.03. The average molecular weight is 392 g/mol. The van der Waals surface area contributed by atoms with Crippen molar-refractivity contribution in [2.75, 3.05) is 0 Å². The molecular weight excluding hydrogens is 368 g/mol. The van der Waals surface area contributed by atoms with Crippen molar-refractivity contribution in [2.45, 2.75) is 58.2 Å². The van der Waals surface area contributed by atoms with E-state index in [2.05, 4.69) is 26.8 Å². The lowest BCUT2D eigenvalue weighted by molar-refractivity contribution is 0.271. The summed E-state index contributed by atoms with van der Waals surface area (Å²) in [4.78, 5) is 22.5. The number of hydrogen-bond donors (Lipinski definition) is 1. The molecule has 1 fully saturated rings. The Kier molecular flexibility index (Phi) is 4.43. The number of rotatable bonds is 5. The molecule has 0 aliphatic heterocycles. The summed E-state index contributed by atoms with van der Waals surface area (Å²) < 4.78 is 5.45. The van der Waals surface area contributed by atoms with Gasteiger partial charge in [0.2, 0.25) is 5.78 Å². The van der Waals surface area contributed by atoms with Gasteiger partial charge in [0, 0.05) is 12.5 Å². The molecule has 1 aliphatic carbocycles. The molecule has 1 aliphatic rings. The molecule has 0 bridgehead atoms. The second-order valence-electron chi connectivity index (χ2n) is 7.64. The van der Waals surface area contributed by atoms with Gasteiger partial charge >= 0.3 is 5.56 Å². The number of benzene rings is 1. The number of aryl methyl sites for hydroxylation is 1. The number of aliphatic hydroxyl groups excluding tert-OH is 1. The van der Waals surface area contributed by atoms with E-state index in [0.29, 0.717) is 30.3 Å². The molecule has 150 valence electrons. The quantitative estimate of drug-likeness (QED) is 0.563. The van der Waals surface area contributed by atoms with Crippen LogP contribution in [0.2, 0.25) is 0 Å². The van der Waals surface area contributed by atoms with Crippen molar-refractivity contribution in [2.24, 2.45) is 0 Å². The maximum atomic E-state index is 13.2. The minimum Gasteiger partial charge on any atom is -0.388 e. The molecule has 5 rings (SSSR count). The van der Waals surface area contributed by atoms with E-state index in [4.69, 9.17) is 4.98 Å². The molecule has 29 heavy (non-hydrogen) atoms. The van der Waals surface area contributed by atoms with E-state index in [1.165, 1.54) is 22.9 Å². The molecule has 1 aromatic carbocycles. The minimum absolute atomic E-state index is 0.238. The highest BCUT2D eigenvalue weighted by molar-refractivity contribution is 5.74. The molecule has 8 nitrogen and oxygen atoms in total. The number of aliphatic hydroxyl groups is 1. The van der Waals surface area contributed by atoms with E-state index in [1.54, 1.807) is 0 Å². The molecule has 1 N–H and O–H groups in total. The highest BCUT2D eigenvalue weighted by Crippen LogP contribution is 2.35. The zero-order valence-electron chi connectivity index (χ0n) is 16.5. The van der Waals surface area contributed by atoms with Gasteiger partial charge in [0.05, 0.1) is 6.54 Å². The van der Waals surface area contributed by atoms with Crippen LogP contribution in [-0.2, 0) is 19.7 Å². The zero-order chi connectivity index (χ0) is 20.0. The lowest BCUT2D eigenvalue weighted by Crippen LogP contribution is -2.21. The molecule has 3 aromatic heterocycles. The van der Waals surface area contributed by atoms with Gasteiger partial charge in [0.15, 0.2) is 11.3 Å². The SMILES string of the molecule is CCn1c2c(nc(C3CCCC3)n2Cc2ccccc2)c(=O)n2nc(CO)nc12. The smallest absolute Gasteiger partial charge is 0.303 e. The molecule has 0 radical (unpaired) electrons. The van der Waals surface area contributed by atoms with E-state index in [0.717, 1.165) is 24.3 Å². The maximum Gasteiger partial charge on any atom is 0.303 e. The zero-order valence-corrected chi connectivity index (χ0v) is 16.5. The molecule has 0 spiro atoms. The summed E-state index contributed by atoms with van der Waals surface area (Å²) in [5, 5.41) is 13.6. The maximum absolute atomic E-state index is 13.2. The summed E-state index contributed by atoms with van der Waals surface area (Å²) >= 11 is 0. The largest absolute Gasteiger partial charge is 0.388 e. The fraction of sp³-hybridized carbons (Fsp3) is 0.429. The summed E-state index contributed by atoms with van der Waals surface area (Å²) in [6.07, 6.45) is 4.59. The van der Waals surface area contributed by atoms with Gasteiger partial charge in [-0.3, -0.25) is 9.36 Å². The van der Waals surface area contributed by atoms with E-state index in [-0.39, 0.29) is 18.0 Å². The van der Waals surface area contributed by atoms with Gasteiger partial charge in [0.1, 0.15) is 18.1 Å². The third-order valence-corrected chi connectivity index (χ3v) is 5.86. The molecule has 3 heterocycles. The van der Waals surface area contributed by atoms with Gasteiger partial charge in [-0.1, -0.05) is 43.2 Å². The fourth-order valence-corrected chi connectivity index (χ4v) is 4.51. The average Bonchev–Trinajstić information content (AvgIpc) is 3.48. The van der Waals surface area contributed by atoms with Crippen LogP contribution in [0.15, 0.2) is 35.1 Å². The Morgan fingerprint density at radius 2 is 1.86 bits per heavy atom. The van der Waals surface area contributed by atoms with Crippen molar-refractivity contribution in [1.82, 2.24) is 28.7 Å². The van der Waals surface area contributed by atoms with E-state index in [1.807, 2.05) is 29.7 Å². The van der Waals surface area contributed by atoms with E-state index < -0.39 is 0 Å². The van der Waals surface area contributed by atoms with Gasteiger partial charge in [-0.05, 0) is 25.3 Å². The van der Waals surface area contributed by atoms with Gasteiger partial charge < -0.3 is 9.67 Å². The third kappa shape index (κ3) is 2.86. The van der Waals surface area contributed by atoms with E-state index in [9.17, 15) is 9.90 Å². The summed E-state index contributed by atoms with van der Waals surface area (Å²) in [6.45, 7) is 2.99. The molecular formula is C21H24N6O2. The number of aromatic nitrogens is 6. The standard InChI is InChI=1S/C21H24N6O2/c1-2-25-19-17(20(29)27-21(25)22-16(13-28)24-27)23-18(15-10-6-7-11-15)26(19)12-14-8-4-3-5-9-14/h3-5,8-9,15,28H,2,6-7,10-13H2,1H3. The lowest BCUT2D eigenvalue weighted by Gasteiger charge is -2.16. The van der Waals surface area contributed by atoms with Crippen LogP contribution in [0.3, 0.4) is 0 Å². The number of nitrogens with zero attached hydrogens (tertiary/aromatic N) is 6. The van der Waals surface area contributed by atoms with Crippen LogP contribution < -0.4 is 5.56 Å². The normalized spacial score (nSPS) is 15.1. The van der Waals surface area contributed by atoms with Crippen LogP contribution in [0, 0.1) is 0 Å². The van der Waals surface area contributed by atoms with Crippen molar-refractivity contribution in [1.29, 1.82) is 0 Å². The summed E-state index contributed by atoms with van der Waals surface area (Å²) in [7, 11) is 0. The first kappa shape index (κ1) is 18.1. The van der Waals surface area contributed by atoms with Gasteiger partial charge in [-0.15, -0.1) is 5.10 Å². The third-order valence-electron chi connectivity index (χ3n) is 5.86. The first-order chi connectivity index (χ1) is 14.2. The van der Waals surface area contributed by atoms with Crippen molar-refractivity contribution < 1.29 is 5.11 Å². The lowest BCUT2D eigenvalue weighted by atomic mass is 10.1. The Labute approximate surface area is 167 Å². The molecule has 0 saturated heterocycles. The van der Waals surface area contributed by atoms with Gasteiger partial charge in [-0.2, -0.15) is 9.50 Å². The van der Waals surface area contributed by atoms with Gasteiger partial charge in [-0.25, -0.2) is 4.98 Å². The second-order valence-corrected chi connectivity index (χ2v) is 7.64. The Balaban J connectivity index is 1.83. The van der Waals surface area contributed by atoms with Crippen molar-refractivity contribution >= 4 is 16.9 Å². The van der Waals surface area contributed by atoms with E-state index >= 15 is 0 Å². The van der Waals surface area contributed by atoms with Crippen molar-refractivity contribution in [3.05, 3.63) is 57.9 Å². The Morgan fingerprint density at radius 1 is 1.10 bits per heavy atom. The monoisotopic (exact) mass is 392 g/mol. The van der Waals surface area contributed by atoms with Gasteiger partial charge in [0.25, 0.3) is 0 Å². The highest BCUT2D eigenvalue weighted by Gasteiger charge is 2.27. The predicted molar refractivity (Wildman–Crippen MR) is 109 cm³/mol. The number of fused-ring (bicyclic) bond motifs is 2. The van der Waals surface area contributed by atoms with Crippen LogP contribution in [0.1, 0.15) is 55.7 Å². The molecule has 0 amide bonds. The van der Waals surface area contributed by atoms with Crippen LogP contribution in [0.4, 0.5) is 0 Å². The van der Waals surface area contributed by atoms with Crippen LogP contribution in [0.5, 0.6) is 0 Å². The summed E-state index contributed by atoms with van der Waals surface area (Å²) in [5.41, 5.74) is 2.09. The molecule has 8 heteroatoms. The Hall–Kier alpha value is -3.00. The van der Waals surface area contributed by atoms with Crippen molar-refractivity contribution in [3.63, 3.8) is 0 Å².